The molecule has 206 valence electrons. The van der Waals surface area contributed by atoms with Crippen LogP contribution in [0.1, 0.15) is 37.9 Å². The molecule has 1 heterocycles. The fourth-order valence-corrected chi connectivity index (χ4v) is 3.97. The number of para-hydroxylation sites is 1. The highest BCUT2D eigenvalue weighted by molar-refractivity contribution is 6.52. The highest BCUT2D eigenvalue weighted by Gasteiger charge is 2.40. The third-order valence-corrected chi connectivity index (χ3v) is 6.01. The Morgan fingerprint density at radius 1 is 0.805 bits per heavy atom. The first-order chi connectivity index (χ1) is 19.7. The van der Waals surface area contributed by atoms with E-state index in [9.17, 15) is 33.6 Å². The maximum absolute atomic E-state index is 13.3. The Bertz CT molecular complexity index is 1780. The monoisotopic (exact) mass is 555 g/mol. The summed E-state index contributed by atoms with van der Waals surface area (Å²) in [4.78, 5) is 95.7. The molecule has 4 aromatic rings. The van der Waals surface area contributed by atoms with Gasteiger partial charge >= 0.3 is 11.9 Å². The third kappa shape index (κ3) is 5.81. The second-order valence-electron chi connectivity index (χ2n) is 8.52. The van der Waals surface area contributed by atoms with Crippen molar-refractivity contribution in [1.29, 1.82) is 0 Å². The number of carbonyl (C=O) groups is 6. The van der Waals surface area contributed by atoms with Crippen LogP contribution in [0.15, 0.2) is 77.6 Å². The van der Waals surface area contributed by atoms with Crippen molar-refractivity contribution in [2.24, 2.45) is 0 Å². The normalized spacial score (nSPS) is 11.3. The second-order valence-corrected chi connectivity index (χ2v) is 8.52. The summed E-state index contributed by atoms with van der Waals surface area (Å²) in [6.07, 6.45) is 0. The van der Waals surface area contributed by atoms with E-state index in [0.717, 1.165) is 14.2 Å². The summed E-state index contributed by atoms with van der Waals surface area (Å²) in [5, 5.41) is 2.21. The van der Waals surface area contributed by atoms with E-state index in [1.54, 1.807) is 30.3 Å². The molecule has 0 unspecified atom stereocenters. The van der Waals surface area contributed by atoms with Gasteiger partial charge in [0.05, 0.1) is 36.5 Å². The first-order valence-corrected chi connectivity index (χ1v) is 11.9. The molecule has 0 fully saturated rings. The van der Waals surface area contributed by atoms with Gasteiger partial charge in [-0.25, -0.2) is 14.6 Å². The average molecular weight is 555 g/mol. The van der Waals surface area contributed by atoms with Crippen molar-refractivity contribution in [3.05, 3.63) is 106 Å². The lowest BCUT2D eigenvalue weighted by molar-refractivity contribution is -0.154. The Morgan fingerprint density at radius 3 is 2.17 bits per heavy atom. The number of aromatic amines is 1. The van der Waals surface area contributed by atoms with Gasteiger partial charge in [-0.2, -0.15) is 0 Å². The minimum atomic E-state index is -2.27. The molecule has 12 nitrogen and oxygen atoms in total. The number of Topliss-reactive ketones (excluding diaryl/α,β-unsaturated/α-hetero) is 2. The van der Waals surface area contributed by atoms with Gasteiger partial charge in [-0.1, -0.05) is 42.5 Å². The van der Waals surface area contributed by atoms with Crippen LogP contribution in [0.25, 0.3) is 11.0 Å². The number of nitrogens with zero attached hydrogens (tertiary/aromatic N) is 1. The molecule has 0 aliphatic carbocycles. The van der Waals surface area contributed by atoms with Gasteiger partial charge < -0.3 is 19.8 Å². The van der Waals surface area contributed by atoms with Crippen LogP contribution in [0.2, 0.25) is 0 Å². The summed E-state index contributed by atoms with van der Waals surface area (Å²) in [5.41, 5.74) is -1.18. The Morgan fingerprint density at radius 2 is 1.49 bits per heavy atom. The fraction of sp³-hybridized carbons (Fsp3) is 0.103. The summed E-state index contributed by atoms with van der Waals surface area (Å²) in [5.74, 6) is -9.32. The van der Waals surface area contributed by atoms with Gasteiger partial charge in [-0.05, 0) is 30.3 Å². The second kappa shape index (κ2) is 11.9. The lowest BCUT2D eigenvalue weighted by atomic mass is 9.94. The molecule has 0 bridgehead atoms. The van der Waals surface area contributed by atoms with Gasteiger partial charge in [-0.3, -0.25) is 24.0 Å². The number of methoxy groups -OCH3 is 2. The van der Waals surface area contributed by atoms with Crippen molar-refractivity contribution >= 4 is 51.9 Å². The smallest absolute Gasteiger partial charge is 0.375 e. The number of hydrogen-bond acceptors (Lipinski definition) is 10. The zero-order chi connectivity index (χ0) is 29.7. The largest absolute Gasteiger partial charge is 0.465 e. The van der Waals surface area contributed by atoms with E-state index in [2.05, 4.69) is 24.8 Å². The molecule has 0 saturated carbocycles. The number of benzene rings is 3. The first-order valence-electron chi connectivity index (χ1n) is 11.9. The van der Waals surface area contributed by atoms with Gasteiger partial charge in [0.2, 0.25) is 5.78 Å². The molecule has 0 aliphatic rings. The number of hydrogen-bond donors (Lipinski definition) is 2. The number of anilines is 1. The number of ether oxygens (including phenoxy) is 2. The van der Waals surface area contributed by atoms with E-state index in [1.165, 1.54) is 42.5 Å². The van der Waals surface area contributed by atoms with Gasteiger partial charge in [0.1, 0.15) is 11.6 Å². The molecule has 3 aromatic carbocycles. The van der Waals surface area contributed by atoms with Crippen molar-refractivity contribution in [3.63, 3.8) is 0 Å². The van der Waals surface area contributed by atoms with Crippen molar-refractivity contribution in [2.75, 3.05) is 19.5 Å². The predicted molar refractivity (Wildman–Crippen MR) is 143 cm³/mol. The Balaban J connectivity index is 1.73. The molecule has 1 atom stereocenters. The highest BCUT2D eigenvalue weighted by Crippen LogP contribution is 2.21. The van der Waals surface area contributed by atoms with Crippen molar-refractivity contribution < 1.29 is 38.2 Å². The summed E-state index contributed by atoms with van der Waals surface area (Å²) in [6.45, 7) is 0. The van der Waals surface area contributed by atoms with Crippen LogP contribution in [0.5, 0.6) is 0 Å². The molecule has 0 spiro atoms. The zero-order valence-electron chi connectivity index (χ0n) is 21.6. The van der Waals surface area contributed by atoms with Crippen LogP contribution >= 0.6 is 0 Å². The molecular weight excluding hydrogens is 534 g/mol. The molecule has 4 rings (SSSR count). The Hall–Kier alpha value is -5.78. The summed E-state index contributed by atoms with van der Waals surface area (Å²) >= 11 is 0. The van der Waals surface area contributed by atoms with Gasteiger partial charge in [-0.15, -0.1) is 0 Å². The van der Waals surface area contributed by atoms with E-state index >= 15 is 0 Å². The van der Waals surface area contributed by atoms with Crippen molar-refractivity contribution in [1.82, 2.24) is 9.97 Å². The van der Waals surface area contributed by atoms with Crippen LogP contribution < -0.4 is 10.9 Å². The molecule has 2 N–H and O–H groups in total. The molecule has 1 aromatic heterocycles. The molecule has 0 aliphatic heterocycles. The van der Waals surface area contributed by atoms with Crippen LogP contribution in [0, 0.1) is 0 Å². The third-order valence-electron chi connectivity index (χ3n) is 6.01. The molecular formula is C29H21N3O9. The van der Waals surface area contributed by atoms with Crippen LogP contribution in [-0.4, -0.2) is 59.4 Å². The fourth-order valence-electron chi connectivity index (χ4n) is 3.97. The molecule has 12 heteroatoms. The standard InChI is InChI=1S/C29H21N3O9/c1-40-28(38)17-10-6-7-11-18(17)31-27(37)24(34)21(25(35)29(39)41-2)22-26(36)32-20-14-16(12-13-19(20)30-22)23(33)15-8-4-3-5-9-15/h3-14,21H,1-2H3,(H,31,37)(H,32,36)/t21-/m1/s1. The number of esters is 2. The Labute approximate surface area is 231 Å². The van der Waals surface area contributed by atoms with Crippen LogP contribution in [-0.2, 0) is 28.7 Å². The first kappa shape index (κ1) is 28.2. The van der Waals surface area contributed by atoms with Gasteiger partial charge in [0.25, 0.3) is 17.2 Å². The number of carbonyl (C=O) groups excluding carboxylic acids is 6. The summed E-state index contributed by atoms with van der Waals surface area (Å²) < 4.78 is 9.09. The van der Waals surface area contributed by atoms with Gasteiger partial charge in [0.15, 0.2) is 5.78 Å². The Kier molecular flexibility index (Phi) is 8.23. The summed E-state index contributed by atoms with van der Waals surface area (Å²) in [7, 11) is 2.01. The molecule has 0 saturated heterocycles. The number of ketones is 3. The number of H-pyrrole nitrogens is 1. The van der Waals surface area contributed by atoms with Crippen LogP contribution in [0.4, 0.5) is 5.69 Å². The lowest BCUT2D eigenvalue weighted by Gasteiger charge is -2.14. The van der Waals surface area contributed by atoms with E-state index < -0.39 is 46.6 Å². The van der Waals surface area contributed by atoms with Crippen molar-refractivity contribution in [2.45, 2.75) is 5.92 Å². The predicted octanol–water partition coefficient (Wildman–Crippen LogP) is 1.97. The summed E-state index contributed by atoms with van der Waals surface area (Å²) in [6, 6.07) is 18.2. The number of aromatic nitrogens is 2. The van der Waals surface area contributed by atoms with E-state index in [1.807, 2.05) is 0 Å². The maximum Gasteiger partial charge on any atom is 0.375 e. The number of amides is 1. The SMILES string of the molecule is COC(=O)C(=O)[C@@H](C(=O)C(=O)Nc1ccccc1C(=O)OC)c1nc2ccc(C(=O)c3ccccc3)cc2[nH]c1=O. The average Bonchev–Trinajstić information content (AvgIpc) is 3.00. The van der Waals surface area contributed by atoms with E-state index in [4.69, 9.17) is 0 Å². The number of nitrogens with one attached hydrogen (secondary N) is 2. The minimum Gasteiger partial charge on any atom is -0.465 e. The topological polar surface area (TPSA) is 179 Å². The van der Waals surface area contributed by atoms with Crippen molar-refractivity contribution in [3.8, 4) is 0 Å². The van der Waals surface area contributed by atoms with E-state index in [0.29, 0.717) is 5.56 Å². The minimum absolute atomic E-state index is 0.0659. The lowest BCUT2D eigenvalue weighted by Crippen LogP contribution is -2.39. The molecule has 1 amide bonds. The van der Waals surface area contributed by atoms with Crippen LogP contribution in [0.3, 0.4) is 0 Å². The zero-order valence-corrected chi connectivity index (χ0v) is 21.6. The number of rotatable bonds is 9. The molecule has 41 heavy (non-hydrogen) atoms. The number of fused-ring (bicyclic) bond motifs is 1. The van der Waals surface area contributed by atoms with E-state index in [-0.39, 0.29) is 33.6 Å². The highest BCUT2D eigenvalue weighted by atomic mass is 16.5. The molecule has 0 radical (unpaired) electrons. The van der Waals surface area contributed by atoms with Gasteiger partial charge in [0, 0.05) is 11.1 Å². The maximum atomic E-state index is 13.3. The quantitative estimate of drug-likeness (QED) is 0.134.